The summed E-state index contributed by atoms with van der Waals surface area (Å²) >= 11 is 0. The number of benzene rings is 1. The predicted octanol–water partition coefficient (Wildman–Crippen LogP) is 3.72. The monoisotopic (exact) mass is 534 g/mol. The summed E-state index contributed by atoms with van der Waals surface area (Å²) < 4.78 is 78.4. The van der Waals surface area contributed by atoms with Crippen molar-refractivity contribution in [1.29, 1.82) is 0 Å². The number of sulfone groups is 1. The second kappa shape index (κ2) is 9.35. The molecule has 1 amide bonds. The molecule has 192 valence electrons. The lowest BCUT2D eigenvalue weighted by Gasteiger charge is -2.24. The van der Waals surface area contributed by atoms with Crippen molar-refractivity contribution in [2.75, 3.05) is 16.9 Å². The Hall–Kier alpha value is -4.20. The third-order valence-electron chi connectivity index (χ3n) is 5.30. The minimum Gasteiger partial charge on any atom is -0.383 e. The van der Waals surface area contributed by atoms with Gasteiger partial charge in [-0.05, 0) is 48.4 Å². The van der Waals surface area contributed by atoms with Crippen molar-refractivity contribution in [3.05, 3.63) is 77.3 Å². The van der Waals surface area contributed by atoms with Crippen LogP contribution in [-0.2, 0) is 22.6 Å². The van der Waals surface area contributed by atoms with Gasteiger partial charge in [0.2, 0.25) is 5.82 Å². The van der Waals surface area contributed by atoms with Gasteiger partial charge in [0.05, 0.1) is 23.3 Å². The van der Waals surface area contributed by atoms with E-state index in [1.54, 1.807) is 6.92 Å². The van der Waals surface area contributed by atoms with Crippen molar-refractivity contribution in [3.63, 3.8) is 0 Å². The van der Waals surface area contributed by atoms with Crippen LogP contribution in [0, 0.1) is 12.7 Å². The van der Waals surface area contributed by atoms with E-state index < -0.39 is 45.1 Å². The molecule has 0 aliphatic carbocycles. The van der Waals surface area contributed by atoms with Gasteiger partial charge >= 0.3 is 6.18 Å². The number of aryl methyl sites for hydroxylation is 1. The molecule has 2 N–H and O–H groups in total. The molecule has 1 aromatic carbocycles. The number of rotatable bonds is 5. The molecule has 0 aliphatic heterocycles. The summed E-state index contributed by atoms with van der Waals surface area (Å²) in [7, 11) is -3.95. The quantitative estimate of drug-likeness (QED) is 0.383. The molecule has 4 rings (SSSR count). The second-order valence-corrected chi connectivity index (χ2v) is 10.1. The Morgan fingerprint density at radius 2 is 1.78 bits per heavy atom. The summed E-state index contributed by atoms with van der Waals surface area (Å²) in [4.78, 5) is 28.8. The highest BCUT2D eigenvalue weighted by molar-refractivity contribution is 7.90. The number of hydrogen-bond acceptors (Lipinski definition) is 8. The number of hydrogen-bond donors (Lipinski definition) is 1. The number of fused-ring (bicyclic) bond motifs is 1. The Kier molecular flexibility index (Phi) is 6.54. The van der Waals surface area contributed by atoms with Crippen LogP contribution in [0.1, 0.15) is 27.3 Å². The van der Waals surface area contributed by atoms with Gasteiger partial charge in [-0.25, -0.2) is 32.7 Å². The summed E-state index contributed by atoms with van der Waals surface area (Å²) in [6, 6.07) is 6.79. The number of amides is 1. The van der Waals surface area contributed by atoms with E-state index in [0.29, 0.717) is 18.0 Å². The fourth-order valence-electron chi connectivity index (χ4n) is 3.56. The molecule has 9 nitrogen and oxygen atoms in total. The summed E-state index contributed by atoms with van der Waals surface area (Å²) in [5, 5.41) is -0.280. The average Bonchev–Trinajstić information content (AvgIpc) is 2.82. The third-order valence-corrected chi connectivity index (χ3v) is 6.32. The third kappa shape index (κ3) is 5.33. The Balaban J connectivity index is 1.85. The van der Waals surface area contributed by atoms with E-state index in [2.05, 4.69) is 19.9 Å². The van der Waals surface area contributed by atoms with Crippen LogP contribution in [0.3, 0.4) is 0 Å². The van der Waals surface area contributed by atoms with E-state index in [1.807, 2.05) is 0 Å². The molecule has 3 aromatic heterocycles. The van der Waals surface area contributed by atoms with Gasteiger partial charge in [0.1, 0.15) is 11.6 Å². The molecule has 4 aromatic rings. The standard InChI is InChI=1S/C23H18F4N6O3S/c1-12-6-15-16(24)7-13(8-17(15)32-19(12)28)11-33(18-4-3-5-29-20(18)37(2,35)36)21(34)14-9-30-22(31-10-14)23(25,26)27/h3-10H,11H2,1-2H3,(H2,28,32). The van der Waals surface area contributed by atoms with Gasteiger partial charge in [0.25, 0.3) is 5.91 Å². The van der Waals surface area contributed by atoms with Crippen LogP contribution in [0.2, 0.25) is 0 Å². The zero-order chi connectivity index (χ0) is 27.1. The fourth-order valence-corrected chi connectivity index (χ4v) is 4.37. The van der Waals surface area contributed by atoms with Crippen LogP contribution < -0.4 is 10.6 Å². The van der Waals surface area contributed by atoms with E-state index in [0.717, 1.165) is 17.2 Å². The lowest BCUT2D eigenvalue weighted by molar-refractivity contribution is -0.145. The molecule has 0 spiro atoms. The summed E-state index contributed by atoms with van der Waals surface area (Å²) in [5.41, 5.74) is 6.26. The highest BCUT2D eigenvalue weighted by Gasteiger charge is 2.35. The molecular weight excluding hydrogens is 516 g/mol. The highest BCUT2D eigenvalue weighted by Crippen LogP contribution is 2.29. The molecule has 0 atom stereocenters. The number of halogens is 4. The van der Waals surface area contributed by atoms with Crippen molar-refractivity contribution >= 4 is 38.2 Å². The number of pyridine rings is 2. The minimum atomic E-state index is -4.83. The summed E-state index contributed by atoms with van der Waals surface area (Å²) in [6.45, 7) is 1.27. The lowest BCUT2D eigenvalue weighted by atomic mass is 10.1. The molecule has 0 radical (unpaired) electrons. The van der Waals surface area contributed by atoms with Crippen molar-refractivity contribution in [2.24, 2.45) is 0 Å². The van der Waals surface area contributed by atoms with Crippen molar-refractivity contribution in [2.45, 2.75) is 24.7 Å². The zero-order valence-corrected chi connectivity index (χ0v) is 20.1. The molecule has 0 aliphatic rings. The molecule has 37 heavy (non-hydrogen) atoms. The first-order valence-corrected chi connectivity index (χ1v) is 12.4. The first-order chi connectivity index (χ1) is 17.3. The van der Waals surface area contributed by atoms with E-state index in [4.69, 9.17) is 5.73 Å². The van der Waals surface area contributed by atoms with Crippen LogP contribution in [0.5, 0.6) is 0 Å². The van der Waals surface area contributed by atoms with Crippen LogP contribution in [-0.4, -0.2) is 40.5 Å². The number of anilines is 2. The SMILES string of the molecule is Cc1cc2c(F)cc(CN(C(=O)c3cnc(C(F)(F)F)nc3)c3cccnc3S(C)(=O)=O)cc2nc1N. The fraction of sp³-hybridized carbons (Fsp3) is 0.174. The Morgan fingerprint density at radius 1 is 1.11 bits per heavy atom. The van der Waals surface area contributed by atoms with Crippen molar-refractivity contribution in [3.8, 4) is 0 Å². The van der Waals surface area contributed by atoms with E-state index in [9.17, 15) is 30.8 Å². The topological polar surface area (TPSA) is 132 Å². The number of nitrogens with zero attached hydrogens (tertiary/aromatic N) is 5. The van der Waals surface area contributed by atoms with E-state index in [1.165, 1.54) is 30.5 Å². The number of alkyl halides is 3. The highest BCUT2D eigenvalue weighted by atomic mass is 32.2. The Morgan fingerprint density at radius 3 is 2.41 bits per heavy atom. The van der Waals surface area contributed by atoms with Gasteiger partial charge < -0.3 is 10.6 Å². The zero-order valence-electron chi connectivity index (χ0n) is 19.3. The van der Waals surface area contributed by atoms with Gasteiger partial charge in [-0.15, -0.1) is 0 Å². The van der Waals surface area contributed by atoms with Crippen LogP contribution >= 0.6 is 0 Å². The maximum absolute atomic E-state index is 14.9. The normalized spacial score (nSPS) is 12.1. The van der Waals surface area contributed by atoms with E-state index in [-0.39, 0.29) is 33.5 Å². The number of carbonyl (C=O) groups excluding carboxylic acids is 1. The number of aromatic nitrogens is 4. The lowest BCUT2D eigenvalue weighted by Crippen LogP contribution is -2.32. The molecule has 0 saturated heterocycles. The first kappa shape index (κ1) is 25.9. The van der Waals surface area contributed by atoms with Crippen molar-refractivity contribution in [1.82, 2.24) is 19.9 Å². The van der Waals surface area contributed by atoms with Gasteiger partial charge in [0.15, 0.2) is 14.9 Å². The summed E-state index contributed by atoms with van der Waals surface area (Å²) in [6.07, 6.45) is -1.40. The molecule has 0 fully saturated rings. The molecule has 0 unspecified atom stereocenters. The molecule has 0 saturated carbocycles. The maximum atomic E-state index is 14.9. The van der Waals surface area contributed by atoms with Gasteiger partial charge in [-0.3, -0.25) is 4.79 Å². The molecule has 3 heterocycles. The molecule has 0 bridgehead atoms. The van der Waals surface area contributed by atoms with Crippen molar-refractivity contribution < 1.29 is 30.8 Å². The number of carbonyl (C=O) groups is 1. The van der Waals surface area contributed by atoms with Gasteiger partial charge in [-0.2, -0.15) is 13.2 Å². The molecular formula is C23H18F4N6O3S. The van der Waals surface area contributed by atoms with Gasteiger partial charge in [-0.1, -0.05) is 0 Å². The van der Waals surface area contributed by atoms with E-state index >= 15 is 0 Å². The van der Waals surface area contributed by atoms with Crippen LogP contribution in [0.15, 0.2) is 53.9 Å². The Bertz CT molecular complexity index is 1630. The average molecular weight is 534 g/mol. The number of nitrogen functional groups attached to an aromatic ring is 1. The summed E-state index contributed by atoms with van der Waals surface area (Å²) in [5.74, 6) is -2.89. The second-order valence-electron chi connectivity index (χ2n) is 8.12. The predicted molar refractivity (Wildman–Crippen MR) is 126 cm³/mol. The maximum Gasteiger partial charge on any atom is 0.451 e. The van der Waals surface area contributed by atoms with Crippen LogP contribution in [0.4, 0.5) is 29.1 Å². The number of nitrogens with two attached hydrogens (primary N) is 1. The van der Waals surface area contributed by atoms with Crippen LogP contribution in [0.25, 0.3) is 10.9 Å². The Labute approximate surface area is 207 Å². The smallest absolute Gasteiger partial charge is 0.383 e. The largest absolute Gasteiger partial charge is 0.451 e. The minimum absolute atomic E-state index is 0.172. The first-order valence-electron chi connectivity index (χ1n) is 10.5. The van der Waals surface area contributed by atoms with Gasteiger partial charge in [0, 0.05) is 30.2 Å². The molecule has 14 heteroatoms.